The van der Waals surface area contributed by atoms with Gasteiger partial charge >= 0.3 is 0 Å². The van der Waals surface area contributed by atoms with Crippen molar-refractivity contribution >= 4 is 5.91 Å². The molecule has 2 aromatic carbocycles. The standard InChI is InChI=1S/C23H25FN4O3/c1-30-20-10-6-17(7-11-20)22-26-21(31-27-22)13-25-23(29)18-3-2-12-28(15-18)14-16-4-8-19(24)9-5-16/h4-11,18H,2-3,12-15H2,1H3,(H,25,29). The molecule has 1 aromatic heterocycles. The highest BCUT2D eigenvalue weighted by Gasteiger charge is 2.26. The van der Waals surface area contributed by atoms with Gasteiger partial charge in [-0.3, -0.25) is 9.69 Å². The lowest BCUT2D eigenvalue weighted by molar-refractivity contribution is -0.127. The number of hydrogen-bond donors (Lipinski definition) is 1. The molecule has 1 aliphatic rings. The zero-order valence-electron chi connectivity index (χ0n) is 17.4. The quantitative estimate of drug-likeness (QED) is 0.626. The highest BCUT2D eigenvalue weighted by molar-refractivity contribution is 5.78. The molecular formula is C23H25FN4O3. The lowest BCUT2D eigenvalue weighted by Crippen LogP contribution is -2.42. The van der Waals surface area contributed by atoms with Gasteiger partial charge in [-0.15, -0.1) is 0 Å². The van der Waals surface area contributed by atoms with Gasteiger partial charge in [0.05, 0.1) is 19.6 Å². The molecule has 0 bridgehead atoms. The summed E-state index contributed by atoms with van der Waals surface area (Å²) in [7, 11) is 1.61. The van der Waals surface area contributed by atoms with Gasteiger partial charge in [0.1, 0.15) is 11.6 Å². The van der Waals surface area contributed by atoms with Crippen LogP contribution in [0.15, 0.2) is 53.1 Å². The number of carbonyl (C=O) groups excluding carboxylic acids is 1. The Morgan fingerprint density at radius 3 is 2.74 bits per heavy atom. The van der Waals surface area contributed by atoms with E-state index in [0.29, 0.717) is 24.8 Å². The van der Waals surface area contributed by atoms with Crippen LogP contribution < -0.4 is 10.1 Å². The van der Waals surface area contributed by atoms with E-state index in [1.165, 1.54) is 12.1 Å². The maximum Gasteiger partial charge on any atom is 0.246 e. The zero-order chi connectivity index (χ0) is 21.6. The SMILES string of the molecule is COc1ccc(-c2noc(CNC(=O)C3CCCN(Cc4ccc(F)cc4)C3)n2)cc1. The van der Waals surface area contributed by atoms with Gasteiger partial charge in [-0.2, -0.15) is 4.98 Å². The Hall–Kier alpha value is -3.26. The summed E-state index contributed by atoms with van der Waals surface area (Å²) in [6.45, 7) is 2.50. The number of carbonyl (C=O) groups is 1. The Kier molecular flexibility index (Phi) is 6.57. The van der Waals surface area contributed by atoms with E-state index in [1.54, 1.807) is 19.2 Å². The third kappa shape index (κ3) is 5.46. The van der Waals surface area contributed by atoms with Gasteiger partial charge in [-0.05, 0) is 61.3 Å². The van der Waals surface area contributed by atoms with Crippen molar-refractivity contribution < 1.29 is 18.4 Å². The molecule has 1 unspecified atom stereocenters. The average molecular weight is 424 g/mol. The molecule has 1 N–H and O–H groups in total. The van der Waals surface area contributed by atoms with Gasteiger partial charge in [0.15, 0.2) is 0 Å². The van der Waals surface area contributed by atoms with Crippen LogP contribution in [0, 0.1) is 11.7 Å². The first-order chi connectivity index (χ1) is 15.1. The molecule has 4 rings (SSSR count). The van der Waals surface area contributed by atoms with Crippen LogP contribution in [0.25, 0.3) is 11.4 Å². The first-order valence-corrected chi connectivity index (χ1v) is 10.3. The summed E-state index contributed by atoms with van der Waals surface area (Å²) in [6, 6.07) is 13.9. The summed E-state index contributed by atoms with van der Waals surface area (Å²) >= 11 is 0. The van der Waals surface area contributed by atoms with Crippen molar-refractivity contribution in [3.05, 3.63) is 65.8 Å². The van der Waals surface area contributed by atoms with Crippen LogP contribution >= 0.6 is 0 Å². The third-order valence-corrected chi connectivity index (χ3v) is 5.43. The second-order valence-electron chi connectivity index (χ2n) is 7.66. The number of nitrogens with zero attached hydrogens (tertiary/aromatic N) is 3. The van der Waals surface area contributed by atoms with Crippen molar-refractivity contribution in [2.24, 2.45) is 5.92 Å². The Balaban J connectivity index is 1.29. The third-order valence-electron chi connectivity index (χ3n) is 5.43. The minimum atomic E-state index is -0.240. The number of piperidine rings is 1. The molecule has 0 spiro atoms. The molecule has 1 aliphatic heterocycles. The lowest BCUT2D eigenvalue weighted by Gasteiger charge is -2.31. The van der Waals surface area contributed by atoms with Crippen molar-refractivity contribution in [3.63, 3.8) is 0 Å². The van der Waals surface area contributed by atoms with Crippen LogP contribution in [0.4, 0.5) is 4.39 Å². The van der Waals surface area contributed by atoms with Crippen LogP contribution in [0.2, 0.25) is 0 Å². The van der Waals surface area contributed by atoms with E-state index in [4.69, 9.17) is 9.26 Å². The van der Waals surface area contributed by atoms with Crippen molar-refractivity contribution in [2.45, 2.75) is 25.9 Å². The van der Waals surface area contributed by atoms with Crippen LogP contribution in [-0.4, -0.2) is 41.1 Å². The summed E-state index contributed by atoms with van der Waals surface area (Å²) < 4.78 is 23.5. The molecule has 2 heterocycles. The number of rotatable bonds is 7. The minimum absolute atomic E-state index is 0.0204. The molecular weight excluding hydrogens is 399 g/mol. The van der Waals surface area contributed by atoms with Gasteiger partial charge in [-0.25, -0.2) is 4.39 Å². The number of nitrogens with one attached hydrogen (secondary N) is 1. The molecule has 0 saturated carbocycles. The summed E-state index contributed by atoms with van der Waals surface area (Å²) in [5.74, 6) is 1.22. The molecule has 3 aromatic rings. The molecule has 0 radical (unpaired) electrons. The minimum Gasteiger partial charge on any atom is -0.497 e. The maximum absolute atomic E-state index is 13.1. The van der Waals surface area contributed by atoms with Crippen molar-refractivity contribution in [1.29, 1.82) is 0 Å². The van der Waals surface area contributed by atoms with Crippen molar-refractivity contribution in [2.75, 3.05) is 20.2 Å². The van der Waals surface area contributed by atoms with Gasteiger partial charge < -0.3 is 14.6 Å². The molecule has 8 heteroatoms. The second kappa shape index (κ2) is 9.70. The van der Waals surface area contributed by atoms with Crippen LogP contribution in [0.5, 0.6) is 5.75 Å². The molecule has 0 aliphatic carbocycles. The molecule has 1 fully saturated rings. The first-order valence-electron chi connectivity index (χ1n) is 10.3. The fourth-order valence-electron chi connectivity index (χ4n) is 3.75. The van der Waals surface area contributed by atoms with E-state index in [9.17, 15) is 9.18 Å². The number of likely N-dealkylation sites (tertiary alicyclic amines) is 1. The number of amides is 1. The normalized spacial score (nSPS) is 16.8. The van der Waals surface area contributed by atoms with Crippen molar-refractivity contribution in [3.8, 4) is 17.1 Å². The second-order valence-corrected chi connectivity index (χ2v) is 7.66. The fraction of sp³-hybridized carbons (Fsp3) is 0.348. The average Bonchev–Trinajstić information content (AvgIpc) is 3.28. The van der Waals surface area contributed by atoms with Gasteiger partial charge in [0.2, 0.25) is 17.6 Å². The first kappa shape index (κ1) is 21.0. The molecule has 1 atom stereocenters. The summed E-state index contributed by atoms with van der Waals surface area (Å²) in [5.41, 5.74) is 1.85. The lowest BCUT2D eigenvalue weighted by atomic mass is 9.96. The predicted octanol–water partition coefficient (Wildman–Crippen LogP) is 3.41. The monoisotopic (exact) mass is 424 g/mol. The van der Waals surface area contributed by atoms with Gasteiger partial charge in [0, 0.05) is 18.7 Å². The van der Waals surface area contributed by atoms with Crippen LogP contribution in [0.3, 0.4) is 0 Å². The van der Waals surface area contributed by atoms with Crippen LogP contribution in [0.1, 0.15) is 24.3 Å². The van der Waals surface area contributed by atoms with Gasteiger partial charge in [0.25, 0.3) is 0 Å². The van der Waals surface area contributed by atoms with E-state index >= 15 is 0 Å². The topological polar surface area (TPSA) is 80.5 Å². The summed E-state index contributed by atoms with van der Waals surface area (Å²) in [5, 5.41) is 6.90. The van der Waals surface area contributed by atoms with Crippen molar-refractivity contribution in [1.82, 2.24) is 20.4 Å². The molecule has 1 amide bonds. The largest absolute Gasteiger partial charge is 0.497 e. The number of halogens is 1. The Labute approximate surface area is 180 Å². The number of ether oxygens (including phenoxy) is 1. The molecule has 31 heavy (non-hydrogen) atoms. The maximum atomic E-state index is 13.1. The Morgan fingerprint density at radius 2 is 2.00 bits per heavy atom. The Bertz CT molecular complexity index is 1000. The van der Waals surface area contributed by atoms with E-state index < -0.39 is 0 Å². The summed E-state index contributed by atoms with van der Waals surface area (Å²) in [6.07, 6.45) is 1.79. The fourth-order valence-corrected chi connectivity index (χ4v) is 3.75. The highest BCUT2D eigenvalue weighted by atomic mass is 19.1. The molecule has 1 saturated heterocycles. The Morgan fingerprint density at radius 1 is 1.23 bits per heavy atom. The summed E-state index contributed by atoms with van der Waals surface area (Å²) in [4.78, 5) is 19.3. The number of methoxy groups -OCH3 is 1. The van der Waals surface area contributed by atoms with E-state index in [0.717, 1.165) is 36.3 Å². The predicted molar refractivity (Wildman–Crippen MR) is 113 cm³/mol. The number of aromatic nitrogens is 2. The number of benzene rings is 2. The van der Waals surface area contributed by atoms with Gasteiger partial charge in [-0.1, -0.05) is 17.3 Å². The smallest absolute Gasteiger partial charge is 0.246 e. The highest BCUT2D eigenvalue weighted by Crippen LogP contribution is 2.21. The van der Waals surface area contributed by atoms with Crippen LogP contribution in [-0.2, 0) is 17.9 Å². The van der Waals surface area contributed by atoms with E-state index in [1.807, 2.05) is 24.3 Å². The van der Waals surface area contributed by atoms with E-state index in [2.05, 4.69) is 20.4 Å². The molecule has 7 nitrogen and oxygen atoms in total. The van der Waals surface area contributed by atoms with E-state index in [-0.39, 0.29) is 24.2 Å². The molecule has 162 valence electrons. The zero-order valence-corrected chi connectivity index (χ0v) is 17.4. The number of hydrogen-bond acceptors (Lipinski definition) is 6.